The monoisotopic (exact) mass is 342 g/mol. The van der Waals surface area contributed by atoms with Gasteiger partial charge in [0.2, 0.25) is 0 Å². The van der Waals surface area contributed by atoms with E-state index in [4.69, 9.17) is 17.0 Å². The van der Waals surface area contributed by atoms with E-state index in [1.165, 1.54) is 23.1 Å². The molecule has 0 aliphatic heterocycles. The first kappa shape index (κ1) is 18.4. The molecule has 2 aromatic carbocycles. The van der Waals surface area contributed by atoms with E-state index in [1.54, 1.807) is 0 Å². The molecule has 0 aliphatic carbocycles. The molecular formula is C20H26N2OS. The highest BCUT2D eigenvalue weighted by Crippen LogP contribution is 2.08. The Labute approximate surface area is 150 Å². The third kappa shape index (κ3) is 7.11. The van der Waals surface area contributed by atoms with Crippen LogP contribution in [0.4, 0.5) is 0 Å². The minimum absolute atomic E-state index is 0.625. The predicted octanol–water partition coefficient (Wildman–Crippen LogP) is 4.17. The second-order valence-electron chi connectivity index (χ2n) is 5.76. The van der Waals surface area contributed by atoms with Crippen LogP contribution in [0.5, 0.6) is 0 Å². The zero-order valence-corrected chi connectivity index (χ0v) is 15.1. The van der Waals surface area contributed by atoms with Gasteiger partial charge in [0.05, 0.1) is 13.2 Å². The molecule has 0 amide bonds. The molecule has 0 radical (unpaired) electrons. The molecule has 128 valence electrons. The van der Waals surface area contributed by atoms with Crippen LogP contribution >= 0.6 is 12.2 Å². The molecule has 0 heterocycles. The van der Waals surface area contributed by atoms with Crippen LogP contribution in [0.1, 0.15) is 36.5 Å². The standard InChI is InChI=1S/C20H26N2OS/c1-2-3-13-21-20(24)22-14-17-9-11-19(12-10-17)16-23-15-18-7-5-4-6-8-18/h4-12H,2-3,13-16H2,1H3,(H2,21,22,24). The SMILES string of the molecule is CCCCNC(=S)NCc1ccc(COCc2ccccc2)cc1. The van der Waals surface area contributed by atoms with Gasteiger partial charge in [0.1, 0.15) is 0 Å². The van der Waals surface area contributed by atoms with Crippen molar-refractivity contribution in [3.8, 4) is 0 Å². The maximum atomic E-state index is 5.75. The number of benzene rings is 2. The topological polar surface area (TPSA) is 33.3 Å². The molecular weight excluding hydrogens is 316 g/mol. The molecule has 0 saturated carbocycles. The van der Waals surface area contributed by atoms with Crippen molar-refractivity contribution in [2.75, 3.05) is 6.54 Å². The molecule has 24 heavy (non-hydrogen) atoms. The number of thiocarbonyl (C=S) groups is 1. The van der Waals surface area contributed by atoms with Gasteiger partial charge in [0.15, 0.2) is 5.11 Å². The van der Waals surface area contributed by atoms with Crippen molar-refractivity contribution < 1.29 is 4.74 Å². The predicted molar refractivity (Wildman–Crippen MR) is 104 cm³/mol. The van der Waals surface area contributed by atoms with Crippen molar-refractivity contribution in [2.45, 2.75) is 39.5 Å². The van der Waals surface area contributed by atoms with Gasteiger partial charge < -0.3 is 15.4 Å². The highest BCUT2D eigenvalue weighted by Gasteiger charge is 1.98. The largest absolute Gasteiger partial charge is 0.372 e. The third-order valence-corrected chi connectivity index (χ3v) is 3.96. The molecule has 2 rings (SSSR count). The van der Waals surface area contributed by atoms with Gasteiger partial charge in [-0.15, -0.1) is 0 Å². The molecule has 2 N–H and O–H groups in total. The summed E-state index contributed by atoms with van der Waals surface area (Å²) in [6.07, 6.45) is 2.31. The maximum Gasteiger partial charge on any atom is 0.166 e. The van der Waals surface area contributed by atoms with E-state index in [0.717, 1.165) is 24.6 Å². The highest BCUT2D eigenvalue weighted by molar-refractivity contribution is 7.80. The van der Waals surface area contributed by atoms with Crippen LogP contribution < -0.4 is 10.6 Å². The Kier molecular flexibility index (Phi) is 8.28. The lowest BCUT2D eigenvalue weighted by Crippen LogP contribution is -2.35. The Bertz CT molecular complexity index is 599. The van der Waals surface area contributed by atoms with Crippen LogP contribution in [-0.4, -0.2) is 11.7 Å². The van der Waals surface area contributed by atoms with Crippen LogP contribution in [0.25, 0.3) is 0 Å². The molecule has 0 bridgehead atoms. The van der Waals surface area contributed by atoms with E-state index < -0.39 is 0 Å². The molecule has 0 unspecified atom stereocenters. The van der Waals surface area contributed by atoms with E-state index in [9.17, 15) is 0 Å². The lowest BCUT2D eigenvalue weighted by atomic mass is 10.1. The second-order valence-corrected chi connectivity index (χ2v) is 6.17. The summed E-state index contributed by atoms with van der Waals surface area (Å²) in [6, 6.07) is 18.7. The third-order valence-electron chi connectivity index (χ3n) is 3.67. The van der Waals surface area contributed by atoms with Gasteiger partial charge in [-0.3, -0.25) is 0 Å². The number of unbranched alkanes of at least 4 members (excludes halogenated alkanes) is 1. The zero-order chi connectivity index (χ0) is 17.0. The van der Waals surface area contributed by atoms with E-state index in [0.29, 0.717) is 13.2 Å². The highest BCUT2D eigenvalue weighted by atomic mass is 32.1. The summed E-state index contributed by atoms with van der Waals surface area (Å²) in [5.41, 5.74) is 3.59. The normalized spacial score (nSPS) is 10.4. The summed E-state index contributed by atoms with van der Waals surface area (Å²) in [5, 5.41) is 7.16. The van der Waals surface area contributed by atoms with Gasteiger partial charge in [-0.25, -0.2) is 0 Å². The molecule has 0 aromatic heterocycles. The first-order valence-electron chi connectivity index (χ1n) is 8.49. The molecule has 0 aliphatic rings. The zero-order valence-electron chi connectivity index (χ0n) is 14.3. The average molecular weight is 343 g/mol. The summed E-state index contributed by atoms with van der Waals surface area (Å²) in [7, 11) is 0. The molecule has 0 saturated heterocycles. The van der Waals surface area contributed by atoms with Gasteiger partial charge in [0, 0.05) is 13.1 Å². The lowest BCUT2D eigenvalue weighted by molar-refractivity contribution is 0.107. The van der Waals surface area contributed by atoms with Crippen molar-refractivity contribution in [3.05, 3.63) is 71.3 Å². The van der Waals surface area contributed by atoms with Crippen LogP contribution in [0.3, 0.4) is 0 Å². The summed E-state index contributed by atoms with van der Waals surface area (Å²) in [5.74, 6) is 0. The minimum atomic E-state index is 0.625. The van der Waals surface area contributed by atoms with Gasteiger partial charge in [-0.05, 0) is 35.3 Å². The van der Waals surface area contributed by atoms with E-state index in [2.05, 4.69) is 54.0 Å². The second kappa shape index (κ2) is 10.8. The lowest BCUT2D eigenvalue weighted by Gasteiger charge is -2.10. The van der Waals surface area contributed by atoms with Gasteiger partial charge in [0.25, 0.3) is 0 Å². The van der Waals surface area contributed by atoms with E-state index in [-0.39, 0.29) is 0 Å². The number of nitrogens with one attached hydrogen (secondary N) is 2. The number of hydrogen-bond donors (Lipinski definition) is 2. The Morgan fingerprint density at radius 2 is 1.50 bits per heavy atom. The molecule has 3 nitrogen and oxygen atoms in total. The maximum absolute atomic E-state index is 5.75. The van der Waals surface area contributed by atoms with Gasteiger partial charge in [-0.1, -0.05) is 67.9 Å². The van der Waals surface area contributed by atoms with Crippen molar-refractivity contribution in [1.82, 2.24) is 10.6 Å². The molecule has 4 heteroatoms. The number of rotatable bonds is 9. The minimum Gasteiger partial charge on any atom is -0.372 e. The average Bonchev–Trinajstić information content (AvgIpc) is 2.62. The summed E-state index contributed by atoms with van der Waals surface area (Å²) in [4.78, 5) is 0. The fourth-order valence-corrected chi connectivity index (χ4v) is 2.41. The molecule has 0 atom stereocenters. The van der Waals surface area contributed by atoms with Crippen LogP contribution in [0.15, 0.2) is 54.6 Å². The summed E-state index contributed by atoms with van der Waals surface area (Å²) >= 11 is 5.25. The van der Waals surface area contributed by atoms with E-state index >= 15 is 0 Å². The Hall–Kier alpha value is -1.91. The summed E-state index contributed by atoms with van der Waals surface area (Å²) in [6.45, 7) is 5.11. The Balaban J connectivity index is 1.67. The quantitative estimate of drug-likeness (QED) is 0.529. The van der Waals surface area contributed by atoms with Crippen molar-refractivity contribution >= 4 is 17.3 Å². The van der Waals surface area contributed by atoms with Crippen molar-refractivity contribution in [3.63, 3.8) is 0 Å². The Morgan fingerprint density at radius 3 is 2.17 bits per heavy atom. The fourth-order valence-electron chi connectivity index (χ4n) is 2.24. The van der Waals surface area contributed by atoms with Crippen LogP contribution in [0.2, 0.25) is 0 Å². The van der Waals surface area contributed by atoms with Crippen LogP contribution in [0, 0.1) is 0 Å². The first-order valence-corrected chi connectivity index (χ1v) is 8.90. The fraction of sp³-hybridized carbons (Fsp3) is 0.350. The van der Waals surface area contributed by atoms with Crippen molar-refractivity contribution in [1.29, 1.82) is 0 Å². The van der Waals surface area contributed by atoms with Crippen molar-refractivity contribution in [2.24, 2.45) is 0 Å². The first-order chi connectivity index (χ1) is 11.8. The van der Waals surface area contributed by atoms with Gasteiger partial charge >= 0.3 is 0 Å². The Morgan fingerprint density at radius 1 is 0.875 bits per heavy atom. The van der Waals surface area contributed by atoms with Crippen LogP contribution in [-0.2, 0) is 24.5 Å². The molecule has 0 fully saturated rings. The molecule has 0 spiro atoms. The smallest absolute Gasteiger partial charge is 0.166 e. The van der Waals surface area contributed by atoms with Gasteiger partial charge in [-0.2, -0.15) is 0 Å². The molecule has 2 aromatic rings. The number of ether oxygens (including phenoxy) is 1. The number of hydrogen-bond acceptors (Lipinski definition) is 2. The summed E-state index contributed by atoms with van der Waals surface area (Å²) < 4.78 is 5.75. The van der Waals surface area contributed by atoms with E-state index in [1.807, 2.05) is 18.2 Å².